The molecule has 2 heterocycles. The van der Waals surface area contributed by atoms with Crippen molar-refractivity contribution in [1.29, 1.82) is 0 Å². The molecule has 2 aromatic rings. The van der Waals surface area contributed by atoms with Crippen LogP contribution in [-0.2, 0) is 4.79 Å². The molecule has 3 rings (SSSR count). The number of anilines is 2. The maximum atomic E-state index is 13.9. The highest BCUT2D eigenvalue weighted by Crippen LogP contribution is 2.26. The Morgan fingerprint density at radius 3 is 2.62 bits per heavy atom. The van der Waals surface area contributed by atoms with Crippen molar-refractivity contribution in [3.05, 3.63) is 54.1 Å². The van der Waals surface area contributed by atoms with Gasteiger partial charge in [0.1, 0.15) is 5.82 Å². The van der Waals surface area contributed by atoms with Crippen LogP contribution in [0.1, 0.15) is 25.5 Å². The summed E-state index contributed by atoms with van der Waals surface area (Å²) >= 11 is 0. The number of rotatable bonds is 4. The first kappa shape index (κ1) is 17.8. The second-order valence-electron chi connectivity index (χ2n) is 6.63. The van der Waals surface area contributed by atoms with E-state index >= 15 is 0 Å². The van der Waals surface area contributed by atoms with Gasteiger partial charge < -0.3 is 15.5 Å². The lowest BCUT2D eigenvalue weighted by Gasteiger charge is -2.38. The van der Waals surface area contributed by atoms with Gasteiger partial charge in [-0.2, -0.15) is 0 Å². The Kier molecular flexibility index (Phi) is 5.16. The fraction of sp³-hybridized carbons (Fsp3) is 0.316. The zero-order valence-corrected chi connectivity index (χ0v) is 14.7. The summed E-state index contributed by atoms with van der Waals surface area (Å²) in [5.41, 5.74) is 1.45. The maximum Gasteiger partial charge on any atom is 0.321 e. The van der Waals surface area contributed by atoms with Gasteiger partial charge in [0.05, 0.1) is 5.69 Å². The van der Waals surface area contributed by atoms with Crippen molar-refractivity contribution in [2.75, 3.05) is 23.7 Å². The number of carbonyl (C=O) groups excluding carboxylic acids is 2. The monoisotopic (exact) mass is 356 g/mol. The molecule has 0 saturated carbocycles. The molecule has 1 aliphatic rings. The van der Waals surface area contributed by atoms with Gasteiger partial charge in [0.25, 0.3) is 0 Å². The van der Waals surface area contributed by atoms with Crippen LogP contribution in [0.4, 0.5) is 20.6 Å². The van der Waals surface area contributed by atoms with Crippen LogP contribution in [0, 0.1) is 11.7 Å². The fourth-order valence-electron chi connectivity index (χ4n) is 2.63. The fourth-order valence-corrected chi connectivity index (χ4v) is 2.63. The van der Waals surface area contributed by atoms with Gasteiger partial charge >= 0.3 is 6.03 Å². The van der Waals surface area contributed by atoms with Gasteiger partial charge in [-0.1, -0.05) is 19.9 Å². The van der Waals surface area contributed by atoms with Crippen molar-refractivity contribution in [3.63, 3.8) is 0 Å². The van der Waals surface area contributed by atoms with Crippen LogP contribution < -0.4 is 10.6 Å². The van der Waals surface area contributed by atoms with Crippen LogP contribution in [0.15, 0.2) is 42.6 Å². The van der Waals surface area contributed by atoms with Crippen molar-refractivity contribution in [1.82, 2.24) is 9.88 Å². The van der Waals surface area contributed by atoms with Crippen molar-refractivity contribution >= 4 is 23.3 Å². The Balaban J connectivity index is 1.59. The molecule has 2 N–H and O–H groups in total. The van der Waals surface area contributed by atoms with Gasteiger partial charge in [0, 0.05) is 42.5 Å². The van der Waals surface area contributed by atoms with Gasteiger partial charge in [-0.3, -0.25) is 9.78 Å². The molecule has 0 aliphatic carbocycles. The number of carbonyl (C=O) groups is 2. The van der Waals surface area contributed by atoms with Gasteiger partial charge in [-0.25, -0.2) is 9.18 Å². The molecule has 1 aliphatic heterocycles. The summed E-state index contributed by atoms with van der Waals surface area (Å²) in [5.74, 6) is -0.863. The van der Waals surface area contributed by atoms with E-state index in [2.05, 4.69) is 15.6 Å². The molecule has 7 heteroatoms. The summed E-state index contributed by atoms with van der Waals surface area (Å²) in [5, 5.41) is 5.26. The van der Waals surface area contributed by atoms with Crippen LogP contribution in [0.25, 0.3) is 0 Å². The van der Waals surface area contributed by atoms with E-state index in [1.807, 2.05) is 18.2 Å². The van der Waals surface area contributed by atoms with E-state index < -0.39 is 5.82 Å². The van der Waals surface area contributed by atoms with E-state index in [1.165, 1.54) is 18.2 Å². The van der Waals surface area contributed by atoms with Crippen LogP contribution in [0.2, 0.25) is 0 Å². The molecule has 26 heavy (non-hydrogen) atoms. The molecule has 0 radical (unpaired) electrons. The minimum absolute atomic E-state index is 0.0523. The molecule has 0 spiro atoms. The predicted octanol–water partition coefficient (Wildman–Crippen LogP) is 3.45. The molecule has 1 aromatic heterocycles. The van der Waals surface area contributed by atoms with Crippen LogP contribution >= 0.6 is 0 Å². The number of likely N-dealkylation sites (tertiary alicyclic amines) is 1. The van der Waals surface area contributed by atoms with E-state index in [9.17, 15) is 14.0 Å². The topological polar surface area (TPSA) is 74.3 Å². The number of nitrogens with one attached hydrogen (secondary N) is 2. The number of hydrogen-bond acceptors (Lipinski definition) is 3. The third-order valence-corrected chi connectivity index (χ3v) is 4.27. The van der Waals surface area contributed by atoms with Crippen LogP contribution in [0.3, 0.4) is 0 Å². The van der Waals surface area contributed by atoms with E-state index in [1.54, 1.807) is 24.9 Å². The Labute approximate surface area is 151 Å². The molecule has 1 fully saturated rings. The van der Waals surface area contributed by atoms with E-state index in [4.69, 9.17) is 0 Å². The molecule has 1 saturated heterocycles. The SMILES string of the molecule is CC(C)C(=O)Nc1cc(NC(=O)N2CC(c3ccccn3)C2)ccc1F. The van der Waals surface area contributed by atoms with Crippen molar-refractivity contribution in [2.24, 2.45) is 5.92 Å². The largest absolute Gasteiger partial charge is 0.323 e. The summed E-state index contributed by atoms with van der Waals surface area (Å²) in [6, 6.07) is 9.58. The molecule has 3 amide bonds. The van der Waals surface area contributed by atoms with Crippen LogP contribution in [-0.4, -0.2) is 34.9 Å². The molecule has 136 valence electrons. The average Bonchev–Trinajstić information content (AvgIpc) is 2.57. The van der Waals surface area contributed by atoms with Gasteiger partial charge in [-0.15, -0.1) is 0 Å². The molecule has 0 atom stereocenters. The number of benzene rings is 1. The summed E-state index contributed by atoms with van der Waals surface area (Å²) in [6.07, 6.45) is 1.74. The molecule has 6 nitrogen and oxygen atoms in total. The highest BCUT2D eigenvalue weighted by molar-refractivity contribution is 5.94. The number of aromatic nitrogens is 1. The zero-order valence-electron chi connectivity index (χ0n) is 14.7. The third-order valence-electron chi connectivity index (χ3n) is 4.27. The minimum atomic E-state index is -0.545. The lowest BCUT2D eigenvalue weighted by atomic mass is 9.96. The molecule has 1 aromatic carbocycles. The Bertz CT molecular complexity index is 804. The standard InChI is InChI=1S/C19H21FN4O2/c1-12(2)18(25)23-17-9-14(6-7-15(17)20)22-19(26)24-10-13(11-24)16-5-3-4-8-21-16/h3-9,12-13H,10-11H2,1-2H3,(H,22,26)(H,23,25). The summed E-state index contributed by atoms with van der Waals surface area (Å²) in [7, 11) is 0. The molecular weight excluding hydrogens is 335 g/mol. The number of halogens is 1. The normalized spacial score (nSPS) is 14.1. The summed E-state index contributed by atoms with van der Waals surface area (Å²) in [4.78, 5) is 30.0. The van der Waals surface area contributed by atoms with Crippen LogP contribution in [0.5, 0.6) is 0 Å². The highest BCUT2D eigenvalue weighted by atomic mass is 19.1. The van der Waals surface area contributed by atoms with E-state index in [0.29, 0.717) is 18.8 Å². The van der Waals surface area contributed by atoms with Crippen molar-refractivity contribution in [2.45, 2.75) is 19.8 Å². The molecule has 0 unspecified atom stereocenters. The highest BCUT2D eigenvalue weighted by Gasteiger charge is 2.32. The average molecular weight is 356 g/mol. The summed E-state index contributed by atoms with van der Waals surface area (Å²) in [6.45, 7) is 4.61. The van der Waals surface area contributed by atoms with Gasteiger partial charge in [0.15, 0.2) is 0 Å². The molecular formula is C19H21FN4O2. The second-order valence-corrected chi connectivity index (χ2v) is 6.63. The number of nitrogens with zero attached hydrogens (tertiary/aromatic N) is 2. The maximum absolute atomic E-state index is 13.9. The quantitative estimate of drug-likeness (QED) is 0.881. The Morgan fingerprint density at radius 1 is 1.19 bits per heavy atom. The number of urea groups is 1. The van der Waals surface area contributed by atoms with Crippen molar-refractivity contribution in [3.8, 4) is 0 Å². The minimum Gasteiger partial charge on any atom is -0.323 e. The zero-order chi connectivity index (χ0) is 18.7. The second kappa shape index (κ2) is 7.51. The first-order valence-electron chi connectivity index (χ1n) is 8.51. The lowest BCUT2D eigenvalue weighted by Crippen LogP contribution is -2.50. The predicted molar refractivity (Wildman–Crippen MR) is 97.4 cm³/mol. The number of amides is 3. The van der Waals surface area contributed by atoms with E-state index in [-0.39, 0.29) is 29.5 Å². The van der Waals surface area contributed by atoms with Gasteiger partial charge in [-0.05, 0) is 30.3 Å². The lowest BCUT2D eigenvalue weighted by molar-refractivity contribution is -0.118. The third kappa shape index (κ3) is 3.99. The number of hydrogen-bond donors (Lipinski definition) is 2. The smallest absolute Gasteiger partial charge is 0.321 e. The summed E-state index contributed by atoms with van der Waals surface area (Å²) < 4.78 is 13.9. The van der Waals surface area contributed by atoms with Gasteiger partial charge in [0.2, 0.25) is 5.91 Å². The van der Waals surface area contributed by atoms with Crippen molar-refractivity contribution < 1.29 is 14.0 Å². The number of pyridine rings is 1. The van der Waals surface area contributed by atoms with E-state index in [0.717, 1.165) is 5.69 Å². The Hall–Kier alpha value is -2.96. The first-order chi connectivity index (χ1) is 12.4. The molecule has 0 bridgehead atoms. The first-order valence-corrected chi connectivity index (χ1v) is 8.51. The Morgan fingerprint density at radius 2 is 1.96 bits per heavy atom.